The summed E-state index contributed by atoms with van der Waals surface area (Å²) in [7, 11) is 0. The van der Waals surface area contributed by atoms with Crippen molar-refractivity contribution in [3.8, 4) is 11.8 Å². The summed E-state index contributed by atoms with van der Waals surface area (Å²) in [4.78, 5) is 13.2. The van der Waals surface area contributed by atoms with Crippen LogP contribution in [-0.4, -0.2) is 32.4 Å². The number of anilines is 1. The largest absolute Gasteiger partial charge is 0.384 e. The summed E-state index contributed by atoms with van der Waals surface area (Å²) in [5.74, 6) is 5.09. The van der Waals surface area contributed by atoms with Crippen molar-refractivity contribution in [3.05, 3.63) is 21.4 Å². The normalized spacial score (nSPS) is 9.67. The summed E-state index contributed by atoms with van der Waals surface area (Å²) in [5.41, 5.74) is 0.904. The molecule has 0 aliphatic heterocycles. The Kier molecular flexibility index (Phi) is 3.99. The standard InChI is InChI=1S/C10H8N4O2S2/c1-6-5-8(17-7(6)3-2-4-15)9(16)11-10-12-13-14-18-10/h5,15H,4H2,1H3,(H,11,12,14,16). The van der Waals surface area contributed by atoms with Gasteiger partial charge in [0.15, 0.2) is 0 Å². The fraction of sp³-hybridized carbons (Fsp3) is 0.200. The van der Waals surface area contributed by atoms with Crippen LogP contribution >= 0.6 is 22.9 Å². The van der Waals surface area contributed by atoms with Gasteiger partial charge in [-0.05, 0) is 23.8 Å². The summed E-state index contributed by atoms with van der Waals surface area (Å²) in [6.45, 7) is 1.66. The van der Waals surface area contributed by atoms with E-state index >= 15 is 0 Å². The lowest BCUT2D eigenvalue weighted by atomic mass is 10.2. The predicted octanol–water partition coefficient (Wildman–Crippen LogP) is 0.899. The summed E-state index contributed by atoms with van der Waals surface area (Å²) >= 11 is 2.28. The number of hydrogen-bond acceptors (Lipinski definition) is 7. The van der Waals surface area contributed by atoms with Gasteiger partial charge in [0.1, 0.15) is 6.61 Å². The van der Waals surface area contributed by atoms with Crippen molar-refractivity contribution < 1.29 is 9.90 Å². The Bertz CT molecular complexity index is 610. The monoisotopic (exact) mass is 280 g/mol. The van der Waals surface area contributed by atoms with Gasteiger partial charge in [0, 0.05) is 11.5 Å². The van der Waals surface area contributed by atoms with Gasteiger partial charge in [0.2, 0.25) is 5.13 Å². The van der Waals surface area contributed by atoms with E-state index in [9.17, 15) is 4.79 Å². The number of aryl methyl sites for hydroxylation is 1. The van der Waals surface area contributed by atoms with Crippen molar-refractivity contribution in [1.29, 1.82) is 0 Å². The first-order valence-electron chi connectivity index (χ1n) is 4.87. The van der Waals surface area contributed by atoms with E-state index in [0.29, 0.717) is 10.0 Å². The lowest BCUT2D eigenvalue weighted by Gasteiger charge is -1.95. The number of carbonyl (C=O) groups is 1. The van der Waals surface area contributed by atoms with Crippen LogP contribution in [0.15, 0.2) is 6.07 Å². The molecule has 0 aliphatic rings. The SMILES string of the molecule is Cc1cc(C(=O)Nc2nnns2)sc1C#CCO. The van der Waals surface area contributed by atoms with Gasteiger partial charge in [-0.1, -0.05) is 21.4 Å². The zero-order chi connectivity index (χ0) is 13.0. The molecule has 0 fully saturated rings. The fourth-order valence-electron chi connectivity index (χ4n) is 1.18. The third-order valence-corrected chi connectivity index (χ3v) is 3.61. The van der Waals surface area contributed by atoms with Crippen LogP contribution in [0.1, 0.15) is 20.1 Å². The molecule has 92 valence electrons. The first-order valence-corrected chi connectivity index (χ1v) is 6.46. The second-order valence-corrected chi connectivity index (χ2v) is 4.99. The molecule has 0 unspecified atom stereocenters. The highest BCUT2D eigenvalue weighted by Crippen LogP contribution is 2.22. The molecule has 18 heavy (non-hydrogen) atoms. The molecule has 0 aliphatic carbocycles. The number of thiophene rings is 1. The topological polar surface area (TPSA) is 88.0 Å². The van der Waals surface area contributed by atoms with Gasteiger partial charge in [0.05, 0.1) is 9.75 Å². The molecule has 6 nitrogen and oxygen atoms in total. The van der Waals surface area contributed by atoms with E-state index in [4.69, 9.17) is 5.11 Å². The van der Waals surface area contributed by atoms with E-state index in [1.807, 2.05) is 6.92 Å². The van der Waals surface area contributed by atoms with Crippen molar-refractivity contribution in [1.82, 2.24) is 14.8 Å². The van der Waals surface area contributed by atoms with Crippen molar-refractivity contribution >= 4 is 33.9 Å². The van der Waals surface area contributed by atoms with Gasteiger partial charge in [-0.2, -0.15) is 0 Å². The highest BCUT2D eigenvalue weighted by Gasteiger charge is 2.13. The van der Waals surface area contributed by atoms with E-state index in [2.05, 4.69) is 32.0 Å². The lowest BCUT2D eigenvalue weighted by Crippen LogP contribution is -2.09. The van der Waals surface area contributed by atoms with Crippen LogP contribution in [0.2, 0.25) is 0 Å². The van der Waals surface area contributed by atoms with E-state index in [1.54, 1.807) is 6.07 Å². The molecular formula is C10H8N4O2S2. The third kappa shape index (κ3) is 2.89. The number of aromatic nitrogens is 3. The number of nitrogens with zero attached hydrogens (tertiary/aromatic N) is 3. The van der Waals surface area contributed by atoms with E-state index in [-0.39, 0.29) is 12.5 Å². The van der Waals surface area contributed by atoms with Crippen LogP contribution in [0, 0.1) is 18.8 Å². The first kappa shape index (κ1) is 12.6. The summed E-state index contributed by atoms with van der Waals surface area (Å²) < 4.78 is 3.55. The van der Waals surface area contributed by atoms with Gasteiger partial charge in [-0.15, -0.1) is 11.3 Å². The van der Waals surface area contributed by atoms with E-state index in [1.165, 1.54) is 11.3 Å². The molecule has 0 aromatic carbocycles. The molecule has 2 rings (SSSR count). The minimum atomic E-state index is -0.265. The molecule has 0 atom stereocenters. The molecule has 2 N–H and O–H groups in total. The van der Waals surface area contributed by atoms with E-state index < -0.39 is 0 Å². The Morgan fingerprint density at radius 2 is 2.44 bits per heavy atom. The Morgan fingerprint density at radius 1 is 1.61 bits per heavy atom. The molecule has 2 heterocycles. The molecule has 0 saturated heterocycles. The highest BCUT2D eigenvalue weighted by atomic mass is 32.1. The zero-order valence-electron chi connectivity index (χ0n) is 9.30. The average Bonchev–Trinajstić information content (AvgIpc) is 2.96. The van der Waals surface area contributed by atoms with Crippen LogP contribution in [-0.2, 0) is 0 Å². The number of carbonyl (C=O) groups excluding carboxylic acids is 1. The maximum Gasteiger partial charge on any atom is 0.267 e. The number of amides is 1. The minimum absolute atomic E-state index is 0.199. The Labute approximate surface area is 111 Å². The van der Waals surface area contributed by atoms with Crippen LogP contribution in [0.4, 0.5) is 5.13 Å². The van der Waals surface area contributed by atoms with Gasteiger partial charge in [0.25, 0.3) is 5.91 Å². The van der Waals surface area contributed by atoms with Gasteiger partial charge in [-0.3, -0.25) is 10.1 Å². The van der Waals surface area contributed by atoms with Crippen molar-refractivity contribution in [2.24, 2.45) is 0 Å². The van der Waals surface area contributed by atoms with Gasteiger partial charge in [-0.25, -0.2) is 0 Å². The molecule has 2 aromatic rings. The number of aliphatic hydroxyl groups excluding tert-OH is 1. The number of rotatable bonds is 2. The second kappa shape index (κ2) is 5.68. The zero-order valence-corrected chi connectivity index (χ0v) is 10.9. The Hall–Kier alpha value is -1.82. The van der Waals surface area contributed by atoms with Crippen LogP contribution in [0.25, 0.3) is 0 Å². The van der Waals surface area contributed by atoms with Crippen molar-refractivity contribution in [2.45, 2.75) is 6.92 Å². The second-order valence-electron chi connectivity index (χ2n) is 3.20. The third-order valence-electron chi connectivity index (χ3n) is 1.94. The average molecular weight is 280 g/mol. The van der Waals surface area contributed by atoms with Gasteiger partial charge < -0.3 is 5.11 Å². The summed E-state index contributed by atoms with van der Waals surface area (Å²) in [6, 6.07) is 1.75. The van der Waals surface area contributed by atoms with Crippen LogP contribution in [0.5, 0.6) is 0 Å². The van der Waals surface area contributed by atoms with E-state index in [0.717, 1.165) is 22.0 Å². The molecule has 0 saturated carbocycles. The maximum absolute atomic E-state index is 11.9. The molecule has 2 aromatic heterocycles. The molecule has 1 amide bonds. The number of hydrogen-bond donors (Lipinski definition) is 2. The summed E-state index contributed by atoms with van der Waals surface area (Å²) in [5, 5.41) is 18.6. The Balaban J connectivity index is 2.16. The molecule has 0 bridgehead atoms. The molecular weight excluding hydrogens is 272 g/mol. The highest BCUT2D eigenvalue weighted by molar-refractivity contribution is 7.15. The number of aliphatic hydroxyl groups is 1. The predicted molar refractivity (Wildman–Crippen MR) is 68.7 cm³/mol. The van der Waals surface area contributed by atoms with Crippen molar-refractivity contribution in [2.75, 3.05) is 11.9 Å². The molecule has 8 heteroatoms. The lowest BCUT2D eigenvalue weighted by molar-refractivity contribution is 0.103. The quantitative estimate of drug-likeness (QED) is 0.798. The first-order chi connectivity index (χ1) is 8.70. The molecule has 0 spiro atoms. The van der Waals surface area contributed by atoms with Gasteiger partial charge >= 0.3 is 0 Å². The smallest absolute Gasteiger partial charge is 0.267 e. The molecule has 0 radical (unpaired) electrons. The Morgan fingerprint density at radius 3 is 3.11 bits per heavy atom. The fourth-order valence-corrected chi connectivity index (χ4v) is 2.48. The number of nitrogens with one attached hydrogen (secondary N) is 1. The summed E-state index contributed by atoms with van der Waals surface area (Å²) in [6.07, 6.45) is 0. The van der Waals surface area contributed by atoms with Crippen LogP contribution < -0.4 is 5.32 Å². The van der Waals surface area contributed by atoms with Crippen LogP contribution in [0.3, 0.4) is 0 Å². The minimum Gasteiger partial charge on any atom is -0.384 e. The van der Waals surface area contributed by atoms with Crippen molar-refractivity contribution in [3.63, 3.8) is 0 Å². The maximum atomic E-state index is 11.9.